The van der Waals surface area contributed by atoms with Crippen LogP contribution in [0, 0.1) is 0 Å². The smallest absolute Gasteiger partial charge is 0.161 e. The topological polar surface area (TPSA) is 30.5 Å². The molecule has 1 unspecified atom stereocenters. The molecule has 0 spiro atoms. The highest BCUT2D eigenvalue weighted by Gasteiger charge is 2.07. The first kappa shape index (κ1) is 13.8. The average molecular weight is 237 g/mol. The van der Waals surface area contributed by atoms with Crippen LogP contribution in [0.15, 0.2) is 24.3 Å². The van der Waals surface area contributed by atoms with Gasteiger partial charge in [0, 0.05) is 0 Å². The molecule has 1 aromatic carbocycles. The van der Waals surface area contributed by atoms with Crippen molar-refractivity contribution < 1.29 is 9.47 Å². The van der Waals surface area contributed by atoms with E-state index in [1.54, 1.807) is 7.11 Å². The number of rotatable bonds is 8. The minimum Gasteiger partial charge on any atom is -0.493 e. The van der Waals surface area contributed by atoms with E-state index in [0.717, 1.165) is 37.4 Å². The van der Waals surface area contributed by atoms with Crippen molar-refractivity contribution >= 4 is 0 Å². The second-order valence-electron chi connectivity index (χ2n) is 4.08. The maximum absolute atomic E-state index is 5.86. The van der Waals surface area contributed by atoms with Crippen molar-refractivity contribution in [1.29, 1.82) is 0 Å². The fourth-order valence-electron chi connectivity index (χ4n) is 1.68. The summed E-state index contributed by atoms with van der Waals surface area (Å²) < 4.78 is 11.1. The lowest BCUT2D eigenvalue weighted by atomic mass is 10.2. The molecule has 0 heterocycles. The summed E-state index contributed by atoms with van der Waals surface area (Å²) in [4.78, 5) is 0. The summed E-state index contributed by atoms with van der Waals surface area (Å²) in [6.45, 7) is 6.30. The molecule has 0 aromatic heterocycles. The monoisotopic (exact) mass is 237 g/mol. The van der Waals surface area contributed by atoms with Gasteiger partial charge in [0.15, 0.2) is 11.5 Å². The van der Waals surface area contributed by atoms with E-state index in [1.165, 1.54) is 0 Å². The van der Waals surface area contributed by atoms with Crippen molar-refractivity contribution in [2.24, 2.45) is 0 Å². The van der Waals surface area contributed by atoms with E-state index in [-0.39, 0.29) is 6.10 Å². The molecule has 96 valence electrons. The Morgan fingerprint density at radius 2 is 1.94 bits per heavy atom. The molecule has 1 atom stereocenters. The molecule has 0 aliphatic carbocycles. The molecule has 3 heteroatoms. The van der Waals surface area contributed by atoms with Gasteiger partial charge in [-0.05, 0) is 45.0 Å². The van der Waals surface area contributed by atoms with Crippen LogP contribution in [0.4, 0.5) is 0 Å². The van der Waals surface area contributed by atoms with E-state index < -0.39 is 0 Å². The Kier molecular flexibility index (Phi) is 6.48. The van der Waals surface area contributed by atoms with Crippen LogP contribution in [0.2, 0.25) is 0 Å². The zero-order chi connectivity index (χ0) is 12.5. The van der Waals surface area contributed by atoms with Crippen LogP contribution in [-0.4, -0.2) is 26.3 Å². The third kappa shape index (κ3) is 5.09. The molecule has 0 fully saturated rings. The van der Waals surface area contributed by atoms with Crippen LogP contribution in [0.25, 0.3) is 0 Å². The predicted molar refractivity (Wildman–Crippen MR) is 70.9 cm³/mol. The zero-order valence-electron chi connectivity index (χ0n) is 11.0. The predicted octanol–water partition coefficient (Wildman–Crippen LogP) is 2.85. The van der Waals surface area contributed by atoms with Gasteiger partial charge < -0.3 is 14.8 Å². The molecule has 1 aromatic rings. The van der Waals surface area contributed by atoms with Crippen molar-refractivity contribution in [3.63, 3.8) is 0 Å². The van der Waals surface area contributed by atoms with Crippen molar-refractivity contribution in [1.82, 2.24) is 5.32 Å². The van der Waals surface area contributed by atoms with Gasteiger partial charge in [-0.15, -0.1) is 0 Å². The van der Waals surface area contributed by atoms with Crippen LogP contribution >= 0.6 is 0 Å². The number of hydrogen-bond donors (Lipinski definition) is 1. The summed E-state index contributed by atoms with van der Waals surface area (Å²) in [7, 11) is 1.66. The SMILES string of the molecule is CCNCCCC(C)Oc1ccccc1OC. The number of methoxy groups -OCH3 is 1. The Morgan fingerprint density at radius 3 is 2.59 bits per heavy atom. The highest BCUT2D eigenvalue weighted by molar-refractivity contribution is 5.39. The molecule has 0 radical (unpaired) electrons. The van der Waals surface area contributed by atoms with Gasteiger partial charge in [0.05, 0.1) is 13.2 Å². The maximum atomic E-state index is 5.86. The third-order valence-corrected chi connectivity index (χ3v) is 2.61. The lowest BCUT2D eigenvalue weighted by molar-refractivity contribution is 0.199. The molecule has 1 rings (SSSR count). The first-order valence-corrected chi connectivity index (χ1v) is 6.28. The van der Waals surface area contributed by atoms with Gasteiger partial charge in [-0.1, -0.05) is 19.1 Å². The second-order valence-corrected chi connectivity index (χ2v) is 4.08. The van der Waals surface area contributed by atoms with Crippen molar-refractivity contribution in [3.8, 4) is 11.5 Å². The Morgan fingerprint density at radius 1 is 1.24 bits per heavy atom. The number of benzene rings is 1. The fourth-order valence-corrected chi connectivity index (χ4v) is 1.68. The molecule has 0 bridgehead atoms. The molecular formula is C14H23NO2. The van der Waals surface area contributed by atoms with E-state index in [4.69, 9.17) is 9.47 Å². The van der Waals surface area contributed by atoms with E-state index in [1.807, 2.05) is 24.3 Å². The molecule has 17 heavy (non-hydrogen) atoms. The Balaban J connectivity index is 2.36. The zero-order valence-corrected chi connectivity index (χ0v) is 11.0. The summed E-state index contributed by atoms with van der Waals surface area (Å²) in [6.07, 6.45) is 2.39. The highest BCUT2D eigenvalue weighted by Crippen LogP contribution is 2.27. The Hall–Kier alpha value is -1.22. The van der Waals surface area contributed by atoms with Gasteiger partial charge in [-0.2, -0.15) is 0 Å². The molecule has 0 aliphatic rings. The molecule has 0 saturated carbocycles. The van der Waals surface area contributed by atoms with E-state index >= 15 is 0 Å². The highest BCUT2D eigenvalue weighted by atomic mass is 16.5. The average Bonchev–Trinajstić information content (AvgIpc) is 2.35. The fraction of sp³-hybridized carbons (Fsp3) is 0.571. The quantitative estimate of drug-likeness (QED) is 0.705. The minimum atomic E-state index is 0.213. The lowest BCUT2D eigenvalue weighted by Crippen LogP contribution is -2.18. The van der Waals surface area contributed by atoms with Crippen molar-refractivity contribution in [2.45, 2.75) is 32.8 Å². The van der Waals surface area contributed by atoms with Gasteiger partial charge in [0.25, 0.3) is 0 Å². The molecule has 0 saturated heterocycles. The van der Waals surface area contributed by atoms with E-state index in [2.05, 4.69) is 19.2 Å². The molecule has 0 amide bonds. The van der Waals surface area contributed by atoms with Gasteiger partial charge in [-0.25, -0.2) is 0 Å². The van der Waals surface area contributed by atoms with Crippen molar-refractivity contribution in [3.05, 3.63) is 24.3 Å². The summed E-state index contributed by atoms with van der Waals surface area (Å²) in [5.74, 6) is 1.62. The number of ether oxygens (including phenoxy) is 2. The van der Waals surface area contributed by atoms with Gasteiger partial charge in [0.1, 0.15) is 0 Å². The number of hydrogen-bond acceptors (Lipinski definition) is 3. The van der Waals surface area contributed by atoms with Gasteiger partial charge >= 0.3 is 0 Å². The van der Waals surface area contributed by atoms with Crippen LogP contribution < -0.4 is 14.8 Å². The van der Waals surface area contributed by atoms with Crippen LogP contribution in [0.3, 0.4) is 0 Å². The van der Waals surface area contributed by atoms with Crippen LogP contribution in [-0.2, 0) is 0 Å². The molecular weight excluding hydrogens is 214 g/mol. The Bertz CT molecular complexity index is 315. The standard InChI is InChI=1S/C14H23NO2/c1-4-15-11-7-8-12(2)17-14-10-6-5-9-13(14)16-3/h5-6,9-10,12,15H,4,7-8,11H2,1-3H3. The van der Waals surface area contributed by atoms with Gasteiger partial charge in [-0.3, -0.25) is 0 Å². The minimum absolute atomic E-state index is 0.213. The summed E-state index contributed by atoms with van der Waals surface area (Å²) in [5.41, 5.74) is 0. The summed E-state index contributed by atoms with van der Waals surface area (Å²) in [6, 6.07) is 7.77. The van der Waals surface area contributed by atoms with Gasteiger partial charge in [0.2, 0.25) is 0 Å². The van der Waals surface area contributed by atoms with Crippen LogP contribution in [0.1, 0.15) is 26.7 Å². The second kappa shape index (κ2) is 7.96. The lowest BCUT2D eigenvalue weighted by Gasteiger charge is -2.16. The molecule has 1 N–H and O–H groups in total. The third-order valence-electron chi connectivity index (χ3n) is 2.61. The van der Waals surface area contributed by atoms with E-state index in [0.29, 0.717) is 0 Å². The maximum Gasteiger partial charge on any atom is 0.161 e. The number of nitrogens with one attached hydrogen (secondary N) is 1. The first-order valence-electron chi connectivity index (χ1n) is 6.28. The largest absolute Gasteiger partial charge is 0.493 e. The first-order chi connectivity index (χ1) is 8.27. The van der Waals surface area contributed by atoms with Crippen molar-refractivity contribution in [2.75, 3.05) is 20.2 Å². The number of para-hydroxylation sites is 2. The Labute approximate surface area is 104 Å². The summed E-state index contributed by atoms with van der Waals surface area (Å²) in [5, 5.41) is 3.31. The van der Waals surface area contributed by atoms with Crippen LogP contribution in [0.5, 0.6) is 11.5 Å². The molecule has 3 nitrogen and oxygen atoms in total. The normalized spacial score (nSPS) is 12.2. The molecule has 0 aliphatic heterocycles. The van der Waals surface area contributed by atoms with E-state index in [9.17, 15) is 0 Å². The summed E-state index contributed by atoms with van der Waals surface area (Å²) >= 11 is 0.